The highest BCUT2D eigenvalue weighted by Crippen LogP contribution is 2.19. The van der Waals surface area contributed by atoms with E-state index in [9.17, 15) is 4.79 Å². The summed E-state index contributed by atoms with van der Waals surface area (Å²) in [4.78, 5) is 12.7. The summed E-state index contributed by atoms with van der Waals surface area (Å²) in [7, 11) is 0. The predicted octanol–water partition coefficient (Wildman–Crippen LogP) is 14.4. The van der Waals surface area contributed by atoms with Gasteiger partial charge in [-0.05, 0) is 66.7 Å². The third-order valence-corrected chi connectivity index (χ3v) is 9.72. The Morgan fingerprint density at radius 1 is 0.490 bits per heavy atom. The van der Waals surface area contributed by atoms with Gasteiger partial charge in [0, 0.05) is 13.2 Å². The summed E-state index contributed by atoms with van der Waals surface area (Å²) in [6.45, 7) is 16.6. The number of hydrogen-bond acceptors (Lipinski definition) is 4. The number of carbonyl (C=O) groups is 1. The van der Waals surface area contributed by atoms with Crippen molar-refractivity contribution in [3.63, 3.8) is 0 Å². The fourth-order valence-corrected chi connectivity index (χ4v) is 6.45. The summed E-state index contributed by atoms with van der Waals surface area (Å²) in [6, 6.07) is 0. The van der Waals surface area contributed by atoms with E-state index < -0.39 is 0 Å². The molecule has 1 atom stereocenters. The highest BCUT2D eigenvalue weighted by Gasteiger charge is 2.22. The highest BCUT2D eigenvalue weighted by molar-refractivity contribution is 5.67. The van der Waals surface area contributed by atoms with E-state index in [1.807, 2.05) is 0 Å². The van der Waals surface area contributed by atoms with Gasteiger partial charge in [0.15, 0.2) is 0 Å². The van der Waals surface area contributed by atoms with E-state index in [0.717, 1.165) is 32.1 Å². The first kappa shape index (κ1) is 48.2. The fraction of sp³-hybridized carbons (Fsp3) is 0.977. The molecule has 0 rings (SSSR count). The maximum atomic E-state index is 12.7. The molecule has 0 aromatic heterocycles. The van der Waals surface area contributed by atoms with Crippen LogP contribution in [0.25, 0.3) is 0 Å². The van der Waals surface area contributed by atoms with Gasteiger partial charge in [-0.25, -0.2) is 4.79 Å². The van der Waals surface area contributed by atoms with Crippen LogP contribution in [0.5, 0.6) is 0 Å². The average molecular weight is 696 g/mol. The second kappa shape index (κ2) is 34.3. The molecule has 49 heavy (non-hydrogen) atoms. The number of rotatable bonds is 37. The van der Waals surface area contributed by atoms with E-state index in [1.165, 1.54) is 161 Å². The molecule has 0 spiro atoms. The van der Waals surface area contributed by atoms with Crippen LogP contribution in [-0.2, 0) is 14.2 Å². The van der Waals surface area contributed by atoms with Crippen molar-refractivity contribution in [3.05, 3.63) is 0 Å². The minimum atomic E-state index is -0.347. The van der Waals surface area contributed by atoms with E-state index in [1.54, 1.807) is 0 Å². The first-order valence-corrected chi connectivity index (χ1v) is 21.8. The Hall–Kier alpha value is -0.810. The van der Waals surface area contributed by atoms with Gasteiger partial charge in [-0.15, -0.1) is 0 Å². The number of hydrogen-bond donors (Lipinski definition) is 1. The van der Waals surface area contributed by atoms with Crippen LogP contribution in [0.1, 0.15) is 241 Å². The number of unbranched alkanes of at least 4 members (excludes halogenated alkanes) is 25. The molecule has 0 aromatic rings. The molecule has 1 amide bonds. The van der Waals surface area contributed by atoms with Gasteiger partial charge in [0.2, 0.25) is 0 Å². The summed E-state index contributed by atoms with van der Waals surface area (Å²) >= 11 is 0. The van der Waals surface area contributed by atoms with Crippen molar-refractivity contribution in [2.24, 2.45) is 0 Å². The molecule has 0 radical (unpaired) electrons. The van der Waals surface area contributed by atoms with Gasteiger partial charge < -0.3 is 19.5 Å². The van der Waals surface area contributed by atoms with Gasteiger partial charge >= 0.3 is 6.09 Å². The summed E-state index contributed by atoms with van der Waals surface area (Å²) in [5.74, 6) is 0. The SMILES string of the molecule is CCCCCCCCCCCCCCCCC(CCCCCCCCCCCCCCC)OC(=O)NCCCOC(C)(C)COC(C)(C)C. The molecule has 1 unspecified atom stereocenters. The zero-order valence-electron chi connectivity index (χ0n) is 34.5. The van der Waals surface area contributed by atoms with Gasteiger partial charge in [0.05, 0.1) is 17.8 Å². The van der Waals surface area contributed by atoms with Crippen LogP contribution >= 0.6 is 0 Å². The Labute approximate surface area is 307 Å². The number of carbonyl (C=O) groups excluding carboxylic acids is 1. The number of ether oxygens (including phenoxy) is 3. The Bertz CT molecular complexity index is 689. The zero-order chi connectivity index (χ0) is 36.3. The second-order valence-electron chi connectivity index (χ2n) is 16.7. The molecule has 0 aromatic carbocycles. The summed E-state index contributed by atoms with van der Waals surface area (Å²) < 4.78 is 17.9. The lowest BCUT2D eigenvalue weighted by Gasteiger charge is -2.30. The molecule has 0 aliphatic rings. The second-order valence-corrected chi connectivity index (χ2v) is 16.7. The molecule has 5 heteroatoms. The van der Waals surface area contributed by atoms with Crippen LogP contribution in [0.3, 0.4) is 0 Å². The van der Waals surface area contributed by atoms with E-state index in [-0.39, 0.29) is 23.4 Å². The Morgan fingerprint density at radius 2 is 0.837 bits per heavy atom. The van der Waals surface area contributed by atoms with E-state index in [4.69, 9.17) is 14.2 Å². The van der Waals surface area contributed by atoms with Crippen molar-refractivity contribution in [2.75, 3.05) is 19.8 Å². The van der Waals surface area contributed by atoms with E-state index >= 15 is 0 Å². The number of amides is 1. The molecule has 0 heterocycles. The summed E-state index contributed by atoms with van der Waals surface area (Å²) in [6.07, 6.45) is 39.3. The van der Waals surface area contributed by atoms with Crippen molar-refractivity contribution in [2.45, 2.75) is 258 Å². The number of nitrogens with one attached hydrogen (secondary N) is 1. The quantitative estimate of drug-likeness (QED) is 0.0657. The molecule has 0 aliphatic heterocycles. The molecule has 0 saturated carbocycles. The Balaban J connectivity index is 4.24. The van der Waals surface area contributed by atoms with Crippen molar-refractivity contribution in [3.8, 4) is 0 Å². The van der Waals surface area contributed by atoms with Crippen LogP contribution in [0, 0.1) is 0 Å². The molecule has 1 N–H and O–H groups in total. The largest absolute Gasteiger partial charge is 0.446 e. The predicted molar refractivity (Wildman–Crippen MR) is 214 cm³/mol. The van der Waals surface area contributed by atoms with Crippen molar-refractivity contribution < 1.29 is 19.0 Å². The molecule has 0 aliphatic carbocycles. The Morgan fingerprint density at radius 3 is 1.18 bits per heavy atom. The van der Waals surface area contributed by atoms with Crippen LogP contribution in [0.15, 0.2) is 0 Å². The third-order valence-electron chi connectivity index (χ3n) is 9.72. The van der Waals surface area contributed by atoms with Crippen LogP contribution in [-0.4, -0.2) is 43.2 Å². The zero-order valence-corrected chi connectivity index (χ0v) is 34.5. The van der Waals surface area contributed by atoms with E-state index in [2.05, 4.69) is 53.8 Å². The average Bonchev–Trinajstić information content (AvgIpc) is 3.05. The fourth-order valence-electron chi connectivity index (χ4n) is 6.45. The van der Waals surface area contributed by atoms with Crippen molar-refractivity contribution in [1.29, 1.82) is 0 Å². The van der Waals surface area contributed by atoms with Crippen LogP contribution in [0.2, 0.25) is 0 Å². The molecule has 0 fully saturated rings. The smallest absolute Gasteiger partial charge is 0.407 e. The Kier molecular flexibility index (Phi) is 33.7. The molecule has 294 valence electrons. The maximum Gasteiger partial charge on any atom is 0.407 e. The molecular weight excluding hydrogens is 606 g/mol. The lowest BCUT2D eigenvalue weighted by Crippen LogP contribution is -2.36. The van der Waals surface area contributed by atoms with Crippen LogP contribution < -0.4 is 5.32 Å². The van der Waals surface area contributed by atoms with Crippen molar-refractivity contribution >= 4 is 6.09 Å². The van der Waals surface area contributed by atoms with E-state index in [0.29, 0.717) is 19.8 Å². The first-order valence-electron chi connectivity index (χ1n) is 21.8. The standard InChI is InChI=1S/C44H89NO4/c1-8-10-12-14-16-18-20-22-24-26-28-30-32-34-37-41(36-33-31-29-27-25-23-21-19-17-15-13-11-9-2)49-42(46)45-38-35-39-47-44(6,7)40-48-43(3,4)5/h41H,8-40H2,1-7H3,(H,45,46). The third kappa shape index (κ3) is 38.3. The lowest BCUT2D eigenvalue weighted by molar-refractivity contribution is -0.114. The lowest BCUT2D eigenvalue weighted by atomic mass is 10.0. The minimum absolute atomic E-state index is 0.0368. The van der Waals surface area contributed by atoms with Gasteiger partial charge in [-0.2, -0.15) is 0 Å². The highest BCUT2D eigenvalue weighted by atomic mass is 16.6. The van der Waals surface area contributed by atoms with Gasteiger partial charge in [-0.3, -0.25) is 0 Å². The molecule has 0 saturated heterocycles. The first-order chi connectivity index (χ1) is 23.6. The van der Waals surface area contributed by atoms with Crippen molar-refractivity contribution in [1.82, 2.24) is 5.32 Å². The maximum absolute atomic E-state index is 12.7. The molecule has 0 bridgehead atoms. The van der Waals surface area contributed by atoms with Gasteiger partial charge in [0.25, 0.3) is 0 Å². The van der Waals surface area contributed by atoms with Crippen LogP contribution in [0.4, 0.5) is 4.79 Å². The van der Waals surface area contributed by atoms with Gasteiger partial charge in [-0.1, -0.05) is 174 Å². The number of alkyl carbamates (subject to hydrolysis) is 1. The topological polar surface area (TPSA) is 56.8 Å². The monoisotopic (exact) mass is 696 g/mol. The minimum Gasteiger partial charge on any atom is -0.446 e. The molecular formula is C44H89NO4. The summed E-state index contributed by atoms with van der Waals surface area (Å²) in [5, 5.41) is 2.98. The summed E-state index contributed by atoms with van der Waals surface area (Å²) in [5.41, 5.74) is -0.525. The van der Waals surface area contributed by atoms with Gasteiger partial charge in [0.1, 0.15) is 6.10 Å². The normalized spacial score (nSPS) is 12.8. The molecule has 5 nitrogen and oxygen atoms in total.